The molecule has 1 aromatic rings. The largest absolute Gasteiger partial charge is 0.345 e. The number of anilines is 1. The van der Waals surface area contributed by atoms with Crippen molar-refractivity contribution in [1.29, 1.82) is 0 Å². The van der Waals surface area contributed by atoms with Gasteiger partial charge in [-0.3, -0.25) is 4.79 Å². The van der Waals surface area contributed by atoms with E-state index in [-0.39, 0.29) is 17.4 Å². The van der Waals surface area contributed by atoms with Gasteiger partial charge in [0, 0.05) is 41.8 Å². The first-order valence-electron chi connectivity index (χ1n) is 7.81. The van der Waals surface area contributed by atoms with Crippen molar-refractivity contribution in [2.75, 3.05) is 25.0 Å². The van der Waals surface area contributed by atoms with Gasteiger partial charge in [-0.05, 0) is 43.4 Å². The number of rotatable bonds is 1. The molecule has 0 aromatic heterocycles. The second-order valence-electron chi connectivity index (χ2n) is 6.98. The fraction of sp³-hybridized carbons (Fsp3) is 0.529. The van der Waals surface area contributed by atoms with Gasteiger partial charge in [0.25, 0.3) is 0 Å². The molecular formula is C17H24ClN3OS. The van der Waals surface area contributed by atoms with Gasteiger partial charge in [-0.25, -0.2) is 0 Å². The number of thiocarbonyl (C=S) groups is 1. The lowest BCUT2D eigenvalue weighted by Crippen LogP contribution is -2.58. The molecule has 0 bridgehead atoms. The standard InChI is InChI=1S/C17H24ClN3OS/c1-12-11-20(9-10-21(12)15(22)17(2,3)4)16(23)19-14-7-5-13(18)6-8-14/h5-8,12H,9-11H2,1-4H3,(H,19,23). The summed E-state index contributed by atoms with van der Waals surface area (Å²) in [5.41, 5.74) is 0.568. The van der Waals surface area contributed by atoms with Crippen LogP contribution < -0.4 is 5.32 Å². The summed E-state index contributed by atoms with van der Waals surface area (Å²) in [6, 6.07) is 7.60. The van der Waals surface area contributed by atoms with Gasteiger partial charge >= 0.3 is 0 Å². The summed E-state index contributed by atoms with van der Waals surface area (Å²) in [5, 5.41) is 4.61. The molecular weight excluding hydrogens is 330 g/mol. The zero-order valence-electron chi connectivity index (χ0n) is 14.1. The maximum Gasteiger partial charge on any atom is 0.228 e. The molecule has 126 valence electrons. The van der Waals surface area contributed by atoms with Crippen LogP contribution in [0.5, 0.6) is 0 Å². The first-order chi connectivity index (χ1) is 10.7. The van der Waals surface area contributed by atoms with Crippen molar-refractivity contribution in [2.24, 2.45) is 5.41 Å². The van der Waals surface area contributed by atoms with E-state index in [1.807, 2.05) is 49.9 Å². The number of carbonyl (C=O) groups excluding carboxylic acids is 1. The molecule has 6 heteroatoms. The minimum absolute atomic E-state index is 0.139. The summed E-state index contributed by atoms with van der Waals surface area (Å²) in [4.78, 5) is 16.5. The third-order valence-electron chi connectivity index (χ3n) is 3.91. The lowest BCUT2D eigenvalue weighted by Gasteiger charge is -2.43. The quantitative estimate of drug-likeness (QED) is 0.782. The average Bonchev–Trinajstić information content (AvgIpc) is 2.48. The number of carbonyl (C=O) groups is 1. The van der Waals surface area contributed by atoms with Crippen LogP contribution in [0.4, 0.5) is 5.69 Å². The molecule has 1 saturated heterocycles. The van der Waals surface area contributed by atoms with Crippen LogP contribution in [-0.2, 0) is 4.79 Å². The van der Waals surface area contributed by atoms with Gasteiger partial charge in [-0.1, -0.05) is 32.4 Å². The van der Waals surface area contributed by atoms with Crippen LogP contribution in [0.3, 0.4) is 0 Å². The van der Waals surface area contributed by atoms with Gasteiger partial charge in [0.2, 0.25) is 5.91 Å². The maximum atomic E-state index is 12.5. The van der Waals surface area contributed by atoms with E-state index in [1.54, 1.807) is 0 Å². The van der Waals surface area contributed by atoms with E-state index < -0.39 is 0 Å². The molecule has 1 heterocycles. The third-order valence-corrected chi connectivity index (χ3v) is 4.52. The lowest BCUT2D eigenvalue weighted by molar-refractivity contribution is -0.143. The fourth-order valence-electron chi connectivity index (χ4n) is 2.61. The van der Waals surface area contributed by atoms with Crippen LogP contribution in [-0.4, -0.2) is 46.5 Å². The molecule has 1 amide bonds. The zero-order valence-corrected chi connectivity index (χ0v) is 15.7. The number of benzene rings is 1. The fourth-order valence-corrected chi connectivity index (χ4v) is 3.02. The van der Waals surface area contributed by atoms with Gasteiger partial charge in [0.1, 0.15) is 0 Å². The Labute approximate surface area is 148 Å². The molecule has 23 heavy (non-hydrogen) atoms. The van der Waals surface area contributed by atoms with E-state index >= 15 is 0 Å². The zero-order chi connectivity index (χ0) is 17.2. The third kappa shape index (κ3) is 4.58. The first-order valence-corrected chi connectivity index (χ1v) is 8.59. The van der Waals surface area contributed by atoms with E-state index in [0.717, 1.165) is 18.8 Å². The number of piperazine rings is 1. The number of amides is 1. The van der Waals surface area contributed by atoms with E-state index in [9.17, 15) is 4.79 Å². The van der Waals surface area contributed by atoms with Gasteiger partial charge in [-0.15, -0.1) is 0 Å². The predicted molar refractivity (Wildman–Crippen MR) is 99.9 cm³/mol. The molecule has 1 aromatic carbocycles. The first kappa shape index (κ1) is 18.0. The van der Waals surface area contributed by atoms with Crippen LogP contribution in [0.2, 0.25) is 5.02 Å². The second-order valence-corrected chi connectivity index (χ2v) is 7.80. The minimum atomic E-state index is -0.349. The monoisotopic (exact) mass is 353 g/mol. The van der Waals surface area contributed by atoms with Gasteiger partial charge in [0.05, 0.1) is 0 Å². The van der Waals surface area contributed by atoms with Gasteiger partial charge in [-0.2, -0.15) is 0 Å². The Balaban J connectivity index is 1.95. The second kappa shape index (κ2) is 7.05. The van der Waals surface area contributed by atoms with Crippen molar-refractivity contribution < 1.29 is 4.79 Å². The highest BCUT2D eigenvalue weighted by molar-refractivity contribution is 7.80. The average molecular weight is 354 g/mol. The van der Waals surface area contributed by atoms with Crippen molar-refractivity contribution in [3.8, 4) is 0 Å². The molecule has 1 fully saturated rings. The molecule has 2 rings (SSSR count). The van der Waals surface area contributed by atoms with Crippen LogP contribution in [0.15, 0.2) is 24.3 Å². The van der Waals surface area contributed by atoms with Crippen molar-refractivity contribution in [3.05, 3.63) is 29.3 Å². The van der Waals surface area contributed by atoms with E-state index in [4.69, 9.17) is 23.8 Å². The highest BCUT2D eigenvalue weighted by Gasteiger charge is 2.34. The van der Waals surface area contributed by atoms with Gasteiger partial charge in [0.15, 0.2) is 5.11 Å². The Morgan fingerprint density at radius 2 is 1.87 bits per heavy atom. The summed E-state index contributed by atoms with van der Waals surface area (Å²) >= 11 is 11.4. The molecule has 4 nitrogen and oxygen atoms in total. The molecule has 0 spiro atoms. The van der Waals surface area contributed by atoms with Crippen molar-refractivity contribution in [1.82, 2.24) is 9.80 Å². The highest BCUT2D eigenvalue weighted by atomic mass is 35.5. The molecule has 1 aliphatic rings. The summed E-state index contributed by atoms with van der Waals surface area (Å²) in [5.74, 6) is 0.196. The van der Waals surface area contributed by atoms with Gasteiger partial charge < -0.3 is 15.1 Å². The van der Waals surface area contributed by atoms with Crippen molar-refractivity contribution in [2.45, 2.75) is 33.7 Å². The summed E-state index contributed by atoms with van der Waals surface area (Å²) < 4.78 is 0. The molecule has 1 atom stereocenters. The molecule has 1 aliphatic heterocycles. The smallest absolute Gasteiger partial charge is 0.228 e. The van der Waals surface area contributed by atoms with Crippen molar-refractivity contribution in [3.63, 3.8) is 0 Å². The number of nitrogens with zero attached hydrogens (tertiary/aromatic N) is 2. The Hall–Kier alpha value is -1.33. The van der Waals surface area contributed by atoms with Crippen LogP contribution >= 0.6 is 23.8 Å². The van der Waals surface area contributed by atoms with E-state index in [1.165, 1.54) is 0 Å². The predicted octanol–water partition coefficient (Wildman–Crippen LogP) is 3.62. The Morgan fingerprint density at radius 1 is 1.26 bits per heavy atom. The Bertz CT molecular complexity index is 582. The van der Waals surface area contributed by atoms with Crippen LogP contribution in [0, 0.1) is 5.41 Å². The van der Waals surface area contributed by atoms with Crippen LogP contribution in [0.1, 0.15) is 27.7 Å². The molecule has 0 radical (unpaired) electrons. The molecule has 1 unspecified atom stereocenters. The molecule has 0 saturated carbocycles. The SMILES string of the molecule is CC1CN(C(=S)Nc2ccc(Cl)cc2)CCN1C(=O)C(C)(C)C. The Morgan fingerprint density at radius 3 is 2.39 bits per heavy atom. The summed E-state index contributed by atoms with van der Waals surface area (Å²) in [6.07, 6.45) is 0. The maximum absolute atomic E-state index is 12.5. The normalized spacial score (nSPS) is 18.7. The highest BCUT2D eigenvalue weighted by Crippen LogP contribution is 2.22. The van der Waals surface area contributed by atoms with E-state index in [2.05, 4.69) is 17.1 Å². The van der Waals surface area contributed by atoms with E-state index in [0.29, 0.717) is 16.7 Å². The minimum Gasteiger partial charge on any atom is -0.345 e. The summed E-state index contributed by atoms with van der Waals surface area (Å²) in [7, 11) is 0. The topological polar surface area (TPSA) is 35.6 Å². The number of hydrogen-bond acceptors (Lipinski definition) is 2. The molecule has 1 N–H and O–H groups in total. The number of nitrogens with one attached hydrogen (secondary N) is 1. The molecule has 0 aliphatic carbocycles. The van der Waals surface area contributed by atoms with Crippen LogP contribution in [0.25, 0.3) is 0 Å². The Kier molecular flexibility index (Phi) is 5.53. The number of hydrogen-bond donors (Lipinski definition) is 1. The number of halogens is 1. The van der Waals surface area contributed by atoms with Crippen molar-refractivity contribution >= 4 is 40.5 Å². The lowest BCUT2D eigenvalue weighted by atomic mass is 9.93. The summed E-state index contributed by atoms with van der Waals surface area (Å²) in [6.45, 7) is 10.1.